The maximum Gasteiger partial charge on any atom is 0.325 e. The second kappa shape index (κ2) is 8.09. The van der Waals surface area contributed by atoms with E-state index in [-0.39, 0.29) is 18.5 Å². The second-order valence-electron chi connectivity index (χ2n) is 4.70. The normalized spacial score (nSPS) is 10.1. The molecule has 0 spiro atoms. The highest BCUT2D eigenvalue weighted by atomic mass is 16.5. The molecule has 0 aliphatic rings. The lowest BCUT2D eigenvalue weighted by atomic mass is 10.1. The van der Waals surface area contributed by atoms with Crippen LogP contribution in [-0.4, -0.2) is 43.1 Å². The minimum Gasteiger partial charge on any atom is -0.489 e. The molecule has 0 atom stereocenters. The Kier molecular flexibility index (Phi) is 6.46. The van der Waals surface area contributed by atoms with Crippen LogP contribution in [0.5, 0.6) is 5.75 Å². The standard InChI is InChI=1S/C16H21NO4/c1-5-10-21-14-9-7-6-8-13(14)16(19)17(12(2)3)11-15(18)20-4/h5-9,12H,1,10-11H2,2-4H3. The van der Waals surface area contributed by atoms with Crippen LogP contribution >= 0.6 is 0 Å². The first kappa shape index (κ1) is 16.8. The molecule has 5 heteroatoms. The summed E-state index contributed by atoms with van der Waals surface area (Å²) in [6.07, 6.45) is 1.61. The van der Waals surface area contributed by atoms with Gasteiger partial charge in [-0.25, -0.2) is 0 Å². The van der Waals surface area contributed by atoms with Crippen molar-refractivity contribution >= 4 is 11.9 Å². The van der Waals surface area contributed by atoms with Crippen LogP contribution in [0.4, 0.5) is 0 Å². The second-order valence-corrected chi connectivity index (χ2v) is 4.70. The van der Waals surface area contributed by atoms with Crippen molar-refractivity contribution in [2.45, 2.75) is 19.9 Å². The minimum absolute atomic E-state index is 0.0945. The number of hydrogen-bond acceptors (Lipinski definition) is 4. The summed E-state index contributed by atoms with van der Waals surface area (Å²) in [6, 6.07) is 6.80. The van der Waals surface area contributed by atoms with Crippen LogP contribution in [0.25, 0.3) is 0 Å². The number of rotatable bonds is 7. The van der Waals surface area contributed by atoms with Crippen molar-refractivity contribution in [3.05, 3.63) is 42.5 Å². The highest BCUT2D eigenvalue weighted by molar-refractivity contribution is 5.98. The van der Waals surface area contributed by atoms with Gasteiger partial charge in [0.2, 0.25) is 0 Å². The maximum absolute atomic E-state index is 12.6. The Hall–Kier alpha value is -2.30. The van der Waals surface area contributed by atoms with Crippen LogP contribution in [0.1, 0.15) is 24.2 Å². The lowest BCUT2D eigenvalue weighted by Crippen LogP contribution is -2.41. The molecule has 0 aromatic heterocycles. The van der Waals surface area contributed by atoms with Crippen molar-refractivity contribution in [3.8, 4) is 5.75 Å². The monoisotopic (exact) mass is 291 g/mol. The van der Waals surface area contributed by atoms with Crippen molar-refractivity contribution in [1.82, 2.24) is 4.90 Å². The Bertz CT molecular complexity index is 511. The average Bonchev–Trinajstić information content (AvgIpc) is 2.49. The molecule has 1 amide bonds. The summed E-state index contributed by atoms with van der Waals surface area (Å²) in [5, 5.41) is 0. The van der Waals surface area contributed by atoms with Crippen LogP contribution in [0.2, 0.25) is 0 Å². The highest BCUT2D eigenvalue weighted by Gasteiger charge is 2.24. The van der Waals surface area contributed by atoms with E-state index in [9.17, 15) is 9.59 Å². The van der Waals surface area contributed by atoms with Crippen LogP contribution < -0.4 is 4.74 Å². The predicted octanol–water partition coefficient (Wildman–Crippen LogP) is 2.28. The van der Waals surface area contributed by atoms with Crippen molar-refractivity contribution < 1.29 is 19.1 Å². The van der Waals surface area contributed by atoms with E-state index >= 15 is 0 Å². The van der Waals surface area contributed by atoms with Gasteiger partial charge < -0.3 is 14.4 Å². The Labute approximate surface area is 125 Å². The largest absolute Gasteiger partial charge is 0.489 e. The van der Waals surface area contributed by atoms with Gasteiger partial charge in [0.25, 0.3) is 5.91 Å². The number of carbonyl (C=O) groups excluding carboxylic acids is 2. The molecule has 0 radical (unpaired) electrons. The number of nitrogens with zero attached hydrogens (tertiary/aromatic N) is 1. The third-order valence-electron chi connectivity index (χ3n) is 2.89. The van der Waals surface area contributed by atoms with E-state index in [0.29, 0.717) is 17.9 Å². The number of para-hydroxylation sites is 1. The van der Waals surface area contributed by atoms with Crippen molar-refractivity contribution in [1.29, 1.82) is 0 Å². The van der Waals surface area contributed by atoms with E-state index in [4.69, 9.17) is 4.74 Å². The molecule has 0 saturated carbocycles. The predicted molar refractivity (Wildman–Crippen MR) is 80.3 cm³/mol. The number of carbonyl (C=O) groups is 2. The lowest BCUT2D eigenvalue weighted by Gasteiger charge is -2.26. The molecule has 0 aliphatic carbocycles. The summed E-state index contributed by atoms with van der Waals surface area (Å²) in [5.41, 5.74) is 0.414. The van der Waals surface area contributed by atoms with Crippen LogP contribution in [-0.2, 0) is 9.53 Å². The van der Waals surface area contributed by atoms with Gasteiger partial charge in [-0.3, -0.25) is 9.59 Å². The Morgan fingerprint density at radius 3 is 2.57 bits per heavy atom. The summed E-state index contributed by atoms with van der Waals surface area (Å²) in [5.74, 6) is -0.255. The smallest absolute Gasteiger partial charge is 0.325 e. The SMILES string of the molecule is C=CCOc1ccccc1C(=O)N(CC(=O)OC)C(C)C. The first-order valence-electron chi connectivity index (χ1n) is 6.71. The van der Waals surface area contributed by atoms with Crippen LogP contribution in [0, 0.1) is 0 Å². The summed E-state index contributed by atoms with van der Waals surface area (Å²) < 4.78 is 10.1. The third-order valence-corrected chi connectivity index (χ3v) is 2.89. The molecule has 1 rings (SSSR count). The van der Waals surface area contributed by atoms with Crippen molar-refractivity contribution in [3.63, 3.8) is 0 Å². The fraction of sp³-hybridized carbons (Fsp3) is 0.375. The Balaban J connectivity index is 3.03. The molecule has 5 nitrogen and oxygen atoms in total. The zero-order valence-electron chi connectivity index (χ0n) is 12.7. The fourth-order valence-electron chi connectivity index (χ4n) is 1.77. The molecule has 0 N–H and O–H groups in total. The van der Waals surface area contributed by atoms with Crippen molar-refractivity contribution in [2.75, 3.05) is 20.3 Å². The van der Waals surface area contributed by atoms with Gasteiger partial charge in [-0.15, -0.1) is 0 Å². The van der Waals surface area contributed by atoms with Gasteiger partial charge in [0.15, 0.2) is 0 Å². The first-order chi connectivity index (χ1) is 10.0. The molecule has 21 heavy (non-hydrogen) atoms. The van der Waals surface area contributed by atoms with Crippen LogP contribution in [0.3, 0.4) is 0 Å². The fourth-order valence-corrected chi connectivity index (χ4v) is 1.77. The summed E-state index contributed by atoms with van der Waals surface area (Å²) >= 11 is 0. The van der Waals surface area contributed by atoms with E-state index < -0.39 is 5.97 Å². The zero-order valence-corrected chi connectivity index (χ0v) is 12.7. The van der Waals surface area contributed by atoms with Crippen molar-refractivity contribution in [2.24, 2.45) is 0 Å². The minimum atomic E-state index is -0.457. The number of benzene rings is 1. The molecule has 0 unspecified atom stereocenters. The van der Waals surface area contributed by atoms with E-state index in [1.54, 1.807) is 30.3 Å². The molecule has 1 aromatic carbocycles. The highest BCUT2D eigenvalue weighted by Crippen LogP contribution is 2.21. The van der Waals surface area contributed by atoms with Crippen LogP contribution in [0.15, 0.2) is 36.9 Å². The molecule has 0 heterocycles. The number of ether oxygens (including phenoxy) is 2. The summed E-state index contributed by atoms with van der Waals surface area (Å²) in [7, 11) is 1.30. The van der Waals surface area contributed by atoms with E-state index in [0.717, 1.165) is 0 Å². The van der Waals surface area contributed by atoms with E-state index in [2.05, 4.69) is 11.3 Å². The van der Waals surface area contributed by atoms with Gasteiger partial charge >= 0.3 is 5.97 Å². The van der Waals surface area contributed by atoms with Gasteiger partial charge in [-0.05, 0) is 26.0 Å². The number of amides is 1. The maximum atomic E-state index is 12.6. The molecule has 0 saturated heterocycles. The Morgan fingerprint density at radius 2 is 2.00 bits per heavy atom. The first-order valence-corrected chi connectivity index (χ1v) is 6.71. The topological polar surface area (TPSA) is 55.8 Å². The number of esters is 1. The summed E-state index contributed by atoms with van der Waals surface area (Å²) in [4.78, 5) is 25.5. The molecular formula is C16H21NO4. The zero-order chi connectivity index (χ0) is 15.8. The van der Waals surface area contributed by atoms with Gasteiger partial charge in [0.1, 0.15) is 18.9 Å². The molecule has 0 aliphatic heterocycles. The summed E-state index contributed by atoms with van der Waals surface area (Å²) in [6.45, 7) is 7.48. The molecule has 114 valence electrons. The quantitative estimate of drug-likeness (QED) is 0.571. The average molecular weight is 291 g/mol. The van der Waals surface area contributed by atoms with Gasteiger partial charge in [0.05, 0.1) is 12.7 Å². The van der Waals surface area contributed by atoms with Gasteiger partial charge in [-0.2, -0.15) is 0 Å². The van der Waals surface area contributed by atoms with E-state index in [1.165, 1.54) is 12.0 Å². The molecule has 0 bridgehead atoms. The molecule has 1 aromatic rings. The molecular weight excluding hydrogens is 270 g/mol. The molecule has 0 fully saturated rings. The third kappa shape index (κ3) is 4.63. The van der Waals surface area contributed by atoms with E-state index in [1.807, 2.05) is 13.8 Å². The van der Waals surface area contributed by atoms with Gasteiger partial charge in [-0.1, -0.05) is 24.8 Å². The van der Waals surface area contributed by atoms with Gasteiger partial charge in [0, 0.05) is 6.04 Å². The lowest BCUT2D eigenvalue weighted by molar-refractivity contribution is -0.141. The Morgan fingerprint density at radius 1 is 1.33 bits per heavy atom. The number of methoxy groups -OCH3 is 1. The number of hydrogen-bond donors (Lipinski definition) is 0.